The van der Waals surface area contributed by atoms with Gasteiger partial charge >= 0.3 is 40.6 Å². The van der Waals surface area contributed by atoms with Crippen molar-refractivity contribution in [3.8, 4) is 0 Å². The van der Waals surface area contributed by atoms with Gasteiger partial charge in [-0.3, -0.25) is 25.0 Å². The lowest BCUT2D eigenvalue weighted by molar-refractivity contribution is -0.122. The van der Waals surface area contributed by atoms with Gasteiger partial charge in [0.2, 0.25) is 17.7 Å². The number of unbranched alkanes of at least 4 members (excludes halogenated alkanes) is 2. The van der Waals surface area contributed by atoms with Gasteiger partial charge in [0.25, 0.3) is 0 Å². The zero-order valence-electron chi connectivity index (χ0n) is 61.0. The van der Waals surface area contributed by atoms with Crippen molar-refractivity contribution in [3.05, 3.63) is 83.4 Å². The van der Waals surface area contributed by atoms with E-state index >= 15 is 0 Å². The molecule has 52 nitrogen and oxygen atoms in total. The number of hydrogen-bond acceptors (Lipinski definition) is 42. The molecule has 7 fully saturated rings. The minimum atomic E-state index is -1.45. The molecule has 0 radical (unpaired) electrons. The van der Waals surface area contributed by atoms with Crippen LogP contribution in [0.1, 0.15) is 116 Å². The zero-order valence-corrected chi connectivity index (χ0v) is 61.0. The van der Waals surface area contributed by atoms with Gasteiger partial charge in [-0.05, 0) is 45.4 Å². The number of aliphatic hydroxyl groups is 15. The van der Waals surface area contributed by atoms with Gasteiger partial charge in [0, 0.05) is 18.3 Å². The largest absolute Gasteiger partial charge is 0.450 e. The van der Waals surface area contributed by atoms with E-state index < -0.39 is 196 Å². The number of nitrogens with zero attached hydrogens (tertiary/aromatic N) is 15. The molecule has 5 amide bonds. The Morgan fingerprint density at radius 3 is 0.877 bits per heavy atom. The van der Waals surface area contributed by atoms with Crippen LogP contribution in [0.3, 0.4) is 0 Å². The van der Waals surface area contributed by atoms with Crippen molar-refractivity contribution in [1.82, 2.24) is 73.8 Å². The van der Waals surface area contributed by atoms with Crippen LogP contribution in [0.15, 0.2) is 55.0 Å². The summed E-state index contributed by atoms with van der Waals surface area (Å²) in [6.45, 7) is 3.31. The molecule has 2 saturated carbocycles. The van der Waals surface area contributed by atoms with Crippen LogP contribution in [0, 0.1) is 11.8 Å². The lowest BCUT2D eigenvalue weighted by Crippen LogP contribution is -2.38. The van der Waals surface area contributed by atoms with Crippen molar-refractivity contribution in [3.63, 3.8) is 0 Å². The van der Waals surface area contributed by atoms with Crippen molar-refractivity contribution in [2.75, 3.05) is 72.8 Å². The molecular weight excluding hydrogens is 1540 g/mol. The Balaban J connectivity index is 0.000000179. The number of aliphatic hydroxyl groups excluding tert-OH is 15. The molecule has 7 aliphatic rings. The number of anilines is 5. The van der Waals surface area contributed by atoms with Crippen molar-refractivity contribution < 1.29 is 134 Å². The van der Waals surface area contributed by atoms with E-state index in [0.717, 1.165) is 94.9 Å². The van der Waals surface area contributed by atoms with Gasteiger partial charge in [-0.1, -0.05) is 33.1 Å². The van der Waals surface area contributed by atoms with E-state index in [9.17, 15) is 99.0 Å². The highest BCUT2D eigenvalue weighted by atomic mass is 16.6. The Labute approximate surface area is 640 Å². The van der Waals surface area contributed by atoms with Gasteiger partial charge in [0.1, 0.15) is 91.6 Å². The number of ether oxygens (including phenoxy) is 7. The molecular formula is C62H90N20O32. The first kappa shape index (κ1) is 89.7. The molecule has 5 aliphatic heterocycles. The number of amides is 5. The normalized spacial score (nSPS) is 28.6. The molecule has 5 aromatic heterocycles. The van der Waals surface area contributed by atoms with Crippen molar-refractivity contribution >= 4 is 59.0 Å². The summed E-state index contributed by atoms with van der Waals surface area (Å²) in [6.07, 6.45) is -13.4. The van der Waals surface area contributed by atoms with E-state index in [0.29, 0.717) is 17.5 Å². The van der Waals surface area contributed by atoms with Gasteiger partial charge in [0.05, 0.1) is 77.2 Å². The highest BCUT2D eigenvalue weighted by Gasteiger charge is 2.49. The van der Waals surface area contributed by atoms with E-state index in [1.54, 1.807) is 6.92 Å². The molecule has 52 heteroatoms. The molecule has 0 bridgehead atoms. The third-order valence-corrected chi connectivity index (χ3v) is 17.8. The lowest BCUT2D eigenvalue weighted by Gasteiger charge is -2.23. The summed E-state index contributed by atoms with van der Waals surface area (Å²) in [5, 5.41) is 174. The second-order valence-corrected chi connectivity index (χ2v) is 26.0. The van der Waals surface area contributed by atoms with Crippen LogP contribution in [0.4, 0.5) is 38.7 Å². The summed E-state index contributed by atoms with van der Waals surface area (Å²) in [5.41, 5.74) is -4.36. The van der Waals surface area contributed by atoms with Gasteiger partial charge in [0.15, 0.2) is 60.2 Å². The summed E-state index contributed by atoms with van der Waals surface area (Å²) < 4.78 is 39.2. The number of hydrogen-bond donors (Lipinski definition) is 20. The maximum absolute atomic E-state index is 12.0. The van der Waals surface area contributed by atoms with E-state index in [1.807, 2.05) is 13.8 Å². The third kappa shape index (κ3) is 22.8. The van der Waals surface area contributed by atoms with Crippen LogP contribution < -0.4 is 55.0 Å². The summed E-state index contributed by atoms with van der Waals surface area (Å²) in [7, 11) is 0. The molecule has 630 valence electrons. The first-order chi connectivity index (χ1) is 54.4. The van der Waals surface area contributed by atoms with Crippen molar-refractivity contribution in [2.24, 2.45) is 11.8 Å². The molecule has 0 spiro atoms. The van der Waals surface area contributed by atoms with Gasteiger partial charge < -0.3 is 126 Å². The molecule has 10 heterocycles. The summed E-state index contributed by atoms with van der Waals surface area (Å²) >= 11 is 0. The fraction of sp³-hybridized carbons (Fsp3) is 0.677. The Morgan fingerprint density at radius 1 is 0.377 bits per heavy atom. The highest BCUT2D eigenvalue weighted by molar-refractivity contribution is 5.93. The first-order valence-corrected chi connectivity index (χ1v) is 35.7. The number of aromatic nitrogens is 15. The standard InChI is InChI=1S/C14H22N4O7.C13H18N4O6.C12H16N4O6.C12H18N4O6.C11H16N4O7/c1-2-3-4-5-24-14(23)17-9-6-15-18(13(22)16-9)12-11(21)10(20)8(7-19)25-12;18-5-7-9(19)10(20)12(23-7)17-13(22)16-8(4-14-17)15-11(21)6-2-1-3-6;17-4-6-8(18)9(19)11(22-6)16-12(21)15-7(3-13-16)14-10(20)5-1-2-5;1-2-3-8(18)14-7-4-13-16(12(21)15-7)11-10(20)9(19)6(5-17)22-11;1-2-21-11(20)14-6-3-12-15(10(19)13-6)9-8(18)7(17)5(4-16)22-9/h6,8,10-12,19-21H,2-5,7H2,1H3,(H,16,17,22,23);4,6-7,9-10,12,18-20H,1-3,5H2,(H,15,16,21,22);3,5-6,8-9,11,17-19H,1-2,4H2,(H,14,15,20,21);4,6,9-11,17,19-20H,2-3,5H2,1H3,(H,14,15,18,21);3,5,7-9,16-18H,2,4H2,1H3,(H,13,14,19,20)/t8-,10-,11-,12-;7-,9-,10-,12-;6-,8-,9-,11-;6-,9-,10-,11-;5-,7-,8-,9-/m11111/s1. The minimum Gasteiger partial charge on any atom is -0.450 e. The zero-order chi connectivity index (χ0) is 83.4. The summed E-state index contributed by atoms with van der Waals surface area (Å²) in [5.74, 6) is -1.01. The molecule has 0 unspecified atom stereocenters. The van der Waals surface area contributed by atoms with Crippen molar-refractivity contribution in [2.45, 2.75) is 208 Å². The maximum atomic E-state index is 12.0. The quantitative estimate of drug-likeness (QED) is 0.0255. The van der Waals surface area contributed by atoms with Crippen LogP contribution in [-0.2, 0) is 47.5 Å². The van der Waals surface area contributed by atoms with E-state index in [4.69, 9.17) is 54.0 Å². The molecule has 20 N–H and O–H groups in total. The predicted octanol–water partition coefficient (Wildman–Crippen LogP) is -9.62. The average Bonchev–Trinajstić information content (AvgIpc) is 1.66. The van der Waals surface area contributed by atoms with Crippen LogP contribution in [0.2, 0.25) is 0 Å². The SMILES string of the molecule is CCCC(=O)Nc1cnn([C@@H]2O[C@H](CO)[C@@H](O)[C@H]2O)c(=O)n1.CCCCCOC(=O)Nc1cnn([C@@H]2O[C@H](CO)[C@@H](O)[C@H]2O)c(=O)n1.CCOC(=O)Nc1cnn([C@@H]2O[C@H](CO)[C@@H](O)[C@H]2O)c(=O)n1.O=C(Nc1cnn([C@@H]2O[C@H](CO)[C@@H](O)[C@H]2O)c(=O)n1)C1CC1.O=C(Nc1cnn([C@@H]2O[C@H](CO)[C@@H](O)[C@H]2O)c(=O)n1)C1CCC1. The first-order valence-electron chi connectivity index (χ1n) is 35.7. The molecule has 20 atom stereocenters. The van der Waals surface area contributed by atoms with Gasteiger partial charge in [-0.2, -0.15) is 73.8 Å². The van der Waals surface area contributed by atoms with Gasteiger partial charge in [-0.25, -0.2) is 33.6 Å². The molecule has 12 rings (SSSR count). The smallest absolute Gasteiger partial charge is 0.412 e. The molecule has 0 aromatic carbocycles. The van der Waals surface area contributed by atoms with Crippen LogP contribution in [-0.4, -0.2) is 318 Å². The third-order valence-electron chi connectivity index (χ3n) is 17.8. The number of carbonyl (C=O) groups is 5. The van der Waals surface area contributed by atoms with E-state index in [-0.39, 0.29) is 71.9 Å². The molecule has 2 aliphatic carbocycles. The lowest BCUT2D eigenvalue weighted by atomic mass is 9.85. The topological polar surface area (TPSA) is 752 Å². The Bertz CT molecular complexity index is 4240. The van der Waals surface area contributed by atoms with Crippen LogP contribution >= 0.6 is 0 Å². The average molecular weight is 1630 g/mol. The van der Waals surface area contributed by atoms with E-state index in [2.05, 4.69) is 81.7 Å². The number of rotatable bonds is 24. The van der Waals surface area contributed by atoms with Crippen LogP contribution in [0.25, 0.3) is 0 Å². The summed E-state index contributed by atoms with van der Waals surface area (Å²) in [6, 6.07) is 0. The monoisotopic (exact) mass is 1630 g/mol. The predicted molar refractivity (Wildman–Crippen MR) is 373 cm³/mol. The van der Waals surface area contributed by atoms with E-state index in [1.165, 1.54) is 6.20 Å². The Kier molecular flexibility index (Phi) is 33.1. The van der Waals surface area contributed by atoms with Crippen molar-refractivity contribution in [1.29, 1.82) is 0 Å². The second kappa shape index (κ2) is 42.0. The molecule has 5 aromatic rings. The Hall–Kier alpha value is -9.80. The fourth-order valence-corrected chi connectivity index (χ4v) is 11.2. The maximum Gasteiger partial charge on any atom is 0.412 e. The number of carbonyl (C=O) groups excluding carboxylic acids is 5. The van der Waals surface area contributed by atoms with Gasteiger partial charge in [-0.15, -0.1) is 0 Å². The molecule has 114 heavy (non-hydrogen) atoms. The Morgan fingerprint density at radius 2 is 0.649 bits per heavy atom. The van der Waals surface area contributed by atoms with Crippen LogP contribution in [0.5, 0.6) is 0 Å². The number of nitrogens with one attached hydrogen (secondary N) is 5. The minimum absolute atomic E-state index is 0.00792. The molecule has 5 saturated heterocycles. The summed E-state index contributed by atoms with van der Waals surface area (Å²) in [4.78, 5) is 135. The fourth-order valence-electron chi connectivity index (χ4n) is 11.2. The highest BCUT2D eigenvalue weighted by Crippen LogP contribution is 2.34. The second-order valence-electron chi connectivity index (χ2n) is 26.0.